The highest BCUT2D eigenvalue weighted by Gasteiger charge is 2.65. The predicted octanol–water partition coefficient (Wildman–Crippen LogP) is 2.97. The Bertz CT molecular complexity index is 960. The zero-order chi connectivity index (χ0) is 19.3. The molecule has 2 saturated heterocycles. The second-order valence-corrected chi connectivity index (χ2v) is 7.73. The summed E-state index contributed by atoms with van der Waals surface area (Å²) in [5.41, 5.74) is 1.44. The maximum atomic E-state index is 13.5. The van der Waals surface area contributed by atoms with Crippen molar-refractivity contribution in [1.82, 2.24) is 4.90 Å². The molecule has 0 bridgehead atoms. The number of methoxy groups -OCH3 is 1. The van der Waals surface area contributed by atoms with Crippen LogP contribution < -0.4 is 15.4 Å². The van der Waals surface area contributed by atoms with Gasteiger partial charge in [0.2, 0.25) is 11.8 Å². The molecule has 0 aromatic heterocycles. The van der Waals surface area contributed by atoms with E-state index in [2.05, 4.69) is 15.5 Å². The topological polar surface area (TPSA) is 70.7 Å². The van der Waals surface area contributed by atoms with Gasteiger partial charge in [-0.05, 0) is 44.0 Å². The molecule has 2 aromatic carbocycles. The van der Waals surface area contributed by atoms with Gasteiger partial charge in [0.25, 0.3) is 0 Å². The highest BCUT2D eigenvalue weighted by Crippen LogP contribution is 2.55. The van der Waals surface area contributed by atoms with Crippen LogP contribution in [0.25, 0.3) is 0 Å². The Hall–Kier alpha value is -2.86. The maximum Gasteiger partial charge on any atom is 0.250 e. The Labute approximate surface area is 163 Å². The van der Waals surface area contributed by atoms with Gasteiger partial charge in [0.1, 0.15) is 11.3 Å². The largest absolute Gasteiger partial charge is 0.495 e. The van der Waals surface area contributed by atoms with Gasteiger partial charge in [0, 0.05) is 17.3 Å². The fourth-order valence-electron chi connectivity index (χ4n) is 5.35. The van der Waals surface area contributed by atoms with Crippen LogP contribution in [0.1, 0.15) is 24.8 Å². The van der Waals surface area contributed by atoms with Crippen molar-refractivity contribution >= 4 is 23.2 Å². The third-order valence-electron chi connectivity index (χ3n) is 6.46. The number of anilines is 2. The average molecular weight is 377 g/mol. The predicted molar refractivity (Wildman–Crippen MR) is 106 cm³/mol. The Kier molecular flexibility index (Phi) is 3.91. The Balaban J connectivity index is 1.57. The van der Waals surface area contributed by atoms with E-state index in [0.29, 0.717) is 17.9 Å². The second kappa shape index (κ2) is 6.34. The van der Waals surface area contributed by atoms with Gasteiger partial charge in [0.15, 0.2) is 0 Å². The van der Waals surface area contributed by atoms with Gasteiger partial charge in [0.05, 0.1) is 18.7 Å². The molecule has 3 atom stereocenters. The maximum absolute atomic E-state index is 13.5. The van der Waals surface area contributed by atoms with Crippen molar-refractivity contribution in [2.24, 2.45) is 5.92 Å². The van der Waals surface area contributed by atoms with E-state index in [1.807, 2.05) is 48.5 Å². The third kappa shape index (κ3) is 2.24. The minimum absolute atomic E-state index is 0.0849. The van der Waals surface area contributed by atoms with E-state index < -0.39 is 11.5 Å². The zero-order valence-electron chi connectivity index (χ0n) is 15.8. The summed E-state index contributed by atoms with van der Waals surface area (Å²) in [6, 6.07) is 15.4. The molecule has 2 amide bonds. The molecule has 3 heterocycles. The van der Waals surface area contributed by atoms with E-state index in [1.54, 1.807) is 7.11 Å². The Morgan fingerprint density at radius 1 is 1.21 bits per heavy atom. The molecule has 2 fully saturated rings. The lowest BCUT2D eigenvalue weighted by Gasteiger charge is -2.36. The standard InChI is InChI=1S/C22H23N3O3/c1-28-19-11-5-4-10-18(19)23-20(26)16-13-14-7-6-12-25(14)22(16)15-8-2-3-9-17(15)24-21(22)27/h2-5,8-11,14,16H,6-7,12-13H2,1H3,(H,23,26)(H,24,27). The molecular weight excluding hydrogens is 354 g/mol. The fraction of sp³-hybridized carbons (Fsp3) is 0.364. The number of rotatable bonds is 3. The summed E-state index contributed by atoms with van der Waals surface area (Å²) in [5.74, 6) is -0.0601. The van der Waals surface area contributed by atoms with E-state index in [-0.39, 0.29) is 17.9 Å². The molecule has 0 aliphatic carbocycles. The van der Waals surface area contributed by atoms with E-state index in [4.69, 9.17) is 4.74 Å². The van der Waals surface area contributed by atoms with E-state index >= 15 is 0 Å². The number of benzene rings is 2. The van der Waals surface area contributed by atoms with Crippen LogP contribution in [0.5, 0.6) is 5.75 Å². The lowest BCUT2D eigenvalue weighted by molar-refractivity contribution is -0.135. The number of nitrogens with zero attached hydrogens (tertiary/aromatic N) is 1. The molecule has 144 valence electrons. The van der Waals surface area contributed by atoms with Crippen LogP contribution in [0.2, 0.25) is 0 Å². The SMILES string of the molecule is COc1ccccc1NC(=O)C1CC2CCCN2C12C(=O)Nc1ccccc12. The van der Waals surface area contributed by atoms with Crippen molar-refractivity contribution in [1.29, 1.82) is 0 Å². The summed E-state index contributed by atoms with van der Waals surface area (Å²) in [6.45, 7) is 0.838. The number of amides is 2. The highest BCUT2D eigenvalue weighted by molar-refractivity contribution is 6.10. The van der Waals surface area contributed by atoms with Crippen LogP contribution >= 0.6 is 0 Å². The molecule has 3 unspecified atom stereocenters. The van der Waals surface area contributed by atoms with E-state index in [0.717, 1.165) is 30.6 Å². The molecule has 1 spiro atoms. The minimum Gasteiger partial charge on any atom is -0.495 e. The van der Waals surface area contributed by atoms with Crippen molar-refractivity contribution in [3.8, 4) is 5.75 Å². The van der Waals surface area contributed by atoms with E-state index in [1.165, 1.54) is 0 Å². The quantitative estimate of drug-likeness (QED) is 0.863. The van der Waals surface area contributed by atoms with Crippen LogP contribution in [0.3, 0.4) is 0 Å². The summed E-state index contributed by atoms with van der Waals surface area (Å²) in [5, 5.41) is 6.05. The number of carbonyl (C=O) groups excluding carboxylic acids is 2. The van der Waals surface area contributed by atoms with Crippen molar-refractivity contribution in [2.75, 3.05) is 24.3 Å². The molecule has 2 N–H and O–H groups in total. The fourth-order valence-corrected chi connectivity index (χ4v) is 5.35. The van der Waals surface area contributed by atoms with Crippen LogP contribution in [0, 0.1) is 5.92 Å². The first-order chi connectivity index (χ1) is 13.7. The summed E-state index contributed by atoms with van der Waals surface area (Å²) in [7, 11) is 1.58. The first-order valence-electron chi connectivity index (χ1n) is 9.78. The molecule has 6 nitrogen and oxygen atoms in total. The highest BCUT2D eigenvalue weighted by atomic mass is 16.5. The smallest absolute Gasteiger partial charge is 0.250 e. The molecule has 5 rings (SSSR count). The first kappa shape index (κ1) is 17.3. The molecular formula is C22H23N3O3. The third-order valence-corrected chi connectivity index (χ3v) is 6.46. The number of carbonyl (C=O) groups is 2. The molecule has 2 aromatic rings. The number of fused-ring (bicyclic) bond motifs is 4. The van der Waals surface area contributed by atoms with Crippen LogP contribution in [0.15, 0.2) is 48.5 Å². The number of hydrogen-bond acceptors (Lipinski definition) is 4. The molecule has 28 heavy (non-hydrogen) atoms. The van der Waals surface area contributed by atoms with Crippen LogP contribution in [-0.2, 0) is 15.1 Å². The molecule has 0 radical (unpaired) electrons. The number of hydrogen-bond donors (Lipinski definition) is 2. The average Bonchev–Trinajstić information content (AvgIpc) is 3.37. The molecule has 3 aliphatic heterocycles. The summed E-state index contributed by atoms with van der Waals surface area (Å²) in [4.78, 5) is 29.1. The van der Waals surface area contributed by atoms with Gasteiger partial charge >= 0.3 is 0 Å². The summed E-state index contributed by atoms with van der Waals surface area (Å²) < 4.78 is 5.37. The van der Waals surface area contributed by atoms with Crippen molar-refractivity contribution < 1.29 is 14.3 Å². The van der Waals surface area contributed by atoms with Gasteiger partial charge in [-0.3, -0.25) is 14.5 Å². The second-order valence-electron chi connectivity index (χ2n) is 7.73. The van der Waals surface area contributed by atoms with Crippen LogP contribution in [0.4, 0.5) is 11.4 Å². The van der Waals surface area contributed by atoms with Crippen LogP contribution in [-0.4, -0.2) is 36.4 Å². The Morgan fingerprint density at radius 3 is 2.86 bits per heavy atom. The lowest BCUT2D eigenvalue weighted by Crippen LogP contribution is -2.53. The van der Waals surface area contributed by atoms with Gasteiger partial charge < -0.3 is 15.4 Å². The Morgan fingerprint density at radius 2 is 2.00 bits per heavy atom. The van der Waals surface area contributed by atoms with Gasteiger partial charge in [-0.25, -0.2) is 0 Å². The minimum atomic E-state index is -0.927. The number of ether oxygens (including phenoxy) is 1. The van der Waals surface area contributed by atoms with Crippen molar-refractivity contribution in [3.63, 3.8) is 0 Å². The summed E-state index contributed by atoms with van der Waals surface area (Å²) in [6.07, 6.45) is 2.76. The molecule has 3 aliphatic rings. The lowest BCUT2D eigenvalue weighted by atomic mass is 9.78. The van der Waals surface area contributed by atoms with Crippen molar-refractivity contribution in [2.45, 2.75) is 30.8 Å². The van der Waals surface area contributed by atoms with Crippen molar-refractivity contribution in [3.05, 3.63) is 54.1 Å². The molecule has 0 saturated carbocycles. The summed E-state index contributed by atoms with van der Waals surface area (Å²) >= 11 is 0. The van der Waals surface area contributed by atoms with Gasteiger partial charge in [-0.15, -0.1) is 0 Å². The zero-order valence-corrected chi connectivity index (χ0v) is 15.8. The normalized spacial score (nSPS) is 28.1. The first-order valence-corrected chi connectivity index (χ1v) is 9.78. The van der Waals surface area contributed by atoms with E-state index in [9.17, 15) is 9.59 Å². The monoisotopic (exact) mass is 377 g/mol. The molecule has 6 heteroatoms. The number of nitrogens with one attached hydrogen (secondary N) is 2. The number of para-hydroxylation sites is 3. The van der Waals surface area contributed by atoms with Gasteiger partial charge in [-0.2, -0.15) is 0 Å². The van der Waals surface area contributed by atoms with Gasteiger partial charge in [-0.1, -0.05) is 30.3 Å².